The van der Waals surface area contributed by atoms with E-state index in [1.807, 2.05) is 6.92 Å². The largest absolute Gasteiger partial charge is 0.435 e. The molecular weight excluding hydrogens is 514 g/mol. The Morgan fingerprint density at radius 1 is 1.19 bits per heavy atom. The third kappa shape index (κ3) is 5.41. The Kier molecular flexibility index (Phi) is 6.47. The van der Waals surface area contributed by atoms with E-state index in [9.17, 15) is 22.2 Å². The second-order valence-corrected chi connectivity index (χ2v) is 11.4. The number of nitrogens with zero attached hydrogens (tertiary/aromatic N) is 3. The van der Waals surface area contributed by atoms with E-state index in [1.54, 1.807) is 0 Å². The summed E-state index contributed by atoms with van der Waals surface area (Å²) in [6.45, 7) is 4.44. The molecule has 13 heteroatoms. The van der Waals surface area contributed by atoms with Crippen molar-refractivity contribution in [3.05, 3.63) is 64.4 Å². The summed E-state index contributed by atoms with van der Waals surface area (Å²) in [6.07, 6.45) is -2.04. The number of hydrogen-bond acceptors (Lipinski definition) is 7. The number of rotatable bonds is 6. The van der Waals surface area contributed by atoms with Crippen LogP contribution >= 0.6 is 0 Å². The summed E-state index contributed by atoms with van der Waals surface area (Å²) in [5, 5.41) is 9.06. The van der Waals surface area contributed by atoms with Crippen LogP contribution in [0.2, 0.25) is 0 Å². The van der Waals surface area contributed by atoms with Gasteiger partial charge < -0.3 is 10.1 Å². The molecule has 2 N–H and O–H groups in total. The molecule has 1 unspecified atom stereocenters. The van der Waals surface area contributed by atoms with Crippen LogP contribution in [0.1, 0.15) is 52.8 Å². The number of carbonyl (C=O) groups excluding carboxylic acids is 1. The average molecular weight is 538 g/mol. The number of ether oxygens (including phenoxy) is 1. The average Bonchev–Trinajstić information content (AvgIpc) is 3.53. The first-order valence-corrected chi connectivity index (χ1v) is 13.0. The molecule has 3 aromatic rings. The summed E-state index contributed by atoms with van der Waals surface area (Å²) < 4.78 is 81.0. The van der Waals surface area contributed by atoms with E-state index < -0.39 is 56.1 Å². The van der Waals surface area contributed by atoms with Crippen LogP contribution in [-0.2, 0) is 21.3 Å². The molecule has 0 aliphatic heterocycles. The maximum atomic E-state index is 15.0. The van der Waals surface area contributed by atoms with Gasteiger partial charge in [0.15, 0.2) is 17.3 Å². The van der Waals surface area contributed by atoms with E-state index in [2.05, 4.69) is 20.5 Å². The van der Waals surface area contributed by atoms with Crippen molar-refractivity contribution in [1.82, 2.24) is 15.2 Å². The zero-order valence-corrected chi connectivity index (χ0v) is 21.1. The van der Waals surface area contributed by atoms with Crippen molar-refractivity contribution >= 4 is 21.3 Å². The predicted octanol–water partition coefficient (Wildman–Crippen LogP) is 5.78. The van der Waals surface area contributed by atoms with Crippen LogP contribution < -0.4 is 10.1 Å². The van der Waals surface area contributed by atoms with E-state index in [-0.39, 0.29) is 21.7 Å². The molecule has 1 amide bonds. The van der Waals surface area contributed by atoms with Crippen LogP contribution in [0.25, 0.3) is 0 Å². The number of alkyl halides is 3. The summed E-state index contributed by atoms with van der Waals surface area (Å²) in [6, 6.07) is 6.74. The number of hydrogen-bond donors (Lipinski definition) is 2. The van der Waals surface area contributed by atoms with Gasteiger partial charge in [0.05, 0.1) is 15.4 Å². The smallest absolute Gasteiger partial charge is 0.432 e. The van der Waals surface area contributed by atoms with Gasteiger partial charge in [0.25, 0.3) is 11.8 Å². The third-order valence-corrected chi connectivity index (χ3v) is 7.29. The van der Waals surface area contributed by atoms with Crippen LogP contribution in [0, 0.1) is 24.4 Å². The summed E-state index contributed by atoms with van der Waals surface area (Å²) in [5.41, 5.74) is -2.11. The first-order chi connectivity index (χ1) is 17.1. The number of aryl methyl sites for hydroxylation is 1. The molecular formula is C24H23F4N5O3S. The summed E-state index contributed by atoms with van der Waals surface area (Å²) in [4.78, 5) is 17.7. The van der Waals surface area contributed by atoms with E-state index >= 15 is 4.39 Å². The van der Waals surface area contributed by atoms with E-state index in [4.69, 9.17) is 9.52 Å². The van der Waals surface area contributed by atoms with Gasteiger partial charge in [-0.1, -0.05) is 13.0 Å². The highest BCUT2D eigenvalue weighted by atomic mass is 32.2. The van der Waals surface area contributed by atoms with Crippen molar-refractivity contribution in [2.24, 2.45) is 0 Å². The molecule has 4 rings (SSSR count). The van der Waals surface area contributed by atoms with Gasteiger partial charge in [0.2, 0.25) is 0 Å². The number of pyridine rings is 1. The Hall–Kier alpha value is -3.61. The number of benzene rings is 1. The molecule has 1 atom stereocenters. The fourth-order valence-electron chi connectivity index (χ4n) is 3.71. The molecule has 8 nitrogen and oxygen atoms in total. The van der Waals surface area contributed by atoms with Gasteiger partial charge in [-0.05, 0) is 56.5 Å². The van der Waals surface area contributed by atoms with Crippen LogP contribution in [0.15, 0.2) is 35.2 Å². The van der Waals surface area contributed by atoms with Crippen molar-refractivity contribution < 1.29 is 31.3 Å². The monoisotopic (exact) mass is 537 g/mol. The standard InChI is InChI=1S/C24H23F4N5O3S/c1-12-18(21(34)31-14-6-5-7-15(10-14)37(4,29)35)22(33-32-20(12)24(26,27)28)36-19-13(2)30-17(11-16(19)25)23(3)8-9-23/h5-7,10-11,29H,8-9H2,1-4H3,(H,31,34). The SMILES string of the molecule is Cc1nc(C2(C)CC2)cc(F)c1Oc1nnc(C(F)(F)F)c(C)c1C(=O)Nc1cccc(S(C)(=N)=O)c1. The minimum absolute atomic E-state index is 0.0751. The molecule has 196 valence electrons. The fourth-order valence-corrected chi connectivity index (χ4v) is 4.40. The normalized spacial score (nSPS) is 16.1. The molecule has 1 aliphatic carbocycles. The molecule has 2 heterocycles. The number of amides is 1. The maximum Gasteiger partial charge on any atom is 0.435 e. The first-order valence-electron chi connectivity index (χ1n) is 11.1. The zero-order chi connectivity index (χ0) is 27.3. The highest BCUT2D eigenvalue weighted by molar-refractivity contribution is 7.91. The van der Waals surface area contributed by atoms with Crippen molar-refractivity contribution in [3.63, 3.8) is 0 Å². The molecule has 37 heavy (non-hydrogen) atoms. The topological polar surface area (TPSA) is 118 Å². The first kappa shape index (κ1) is 26.5. The molecule has 0 radical (unpaired) electrons. The highest BCUT2D eigenvalue weighted by Gasteiger charge is 2.42. The Labute approximate surface area is 210 Å². The van der Waals surface area contributed by atoms with E-state index in [1.165, 1.54) is 43.5 Å². The lowest BCUT2D eigenvalue weighted by Gasteiger charge is -2.18. The van der Waals surface area contributed by atoms with E-state index in [0.29, 0.717) is 5.69 Å². The van der Waals surface area contributed by atoms with Gasteiger partial charge in [0.1, 0.15) is 5.56 Å². The quantitative estimate of drug-likeness (QED) is 0.385. The summed E-state index contributed by atoms with van der Waals surface area (Å²) >= 11 is 0. The van der Waals surface area contributed by atoms with Gasteiger partial charge in [0, 0.05) is 27.9 Å². The Morgan fingerprint density at radius 2 is 1.86 bits per heavy atom. The highest BCUT2D eigenvalue weighted by Crippen LogP contribution is 2.47. The summed E-state index contributed by atoms with van der Waals surface area (Å²) in [7, 11) is -3.12. The molecule has 1 aromatic carbocycles. The molecule has 0 saturated heterocycles. The molecule has 1 fully saturated rings. The van der Waals surface area contributed by atoms with E-state index in [0.717, 1.165) is 19.8 Å². The molecule has 1 aliphatic rings. The van der Waals surface area contributed by atoms with Crippen molar-refractivity contribution in [1.29, 1.82) is 4.78 Å². The lowest BCUT2D eigenvalue weighted by molar-refractivity contribution is -0.142. The van der Waals surface area contributed by atoms with Gasteiger partial charge >= 0.3 is 6.18 Å². The summed E-state index contributed by atoms with van der Waals surface area (Å²) in [5.74, 6) is -2.89. The lowest BCUT2D eigenvalue weighted by atomic mass is 10.0. The Bertz CT molecular complexity index is 1500. The Balaban J connectivity index is 1.77. The van der Waals surface area contributed by atoms with Crippen molar-refractivity contribution in [2.45, 2.75) is 50.1 Å². The maximum absolute atomic E-state index is 15.0. The second kappa shape index (κ2) is 9.05. The number of anilines is 1. The molecule has 2 aromatic heterocycles. The van der Waals surface area contributed by atoms with Crippen LogP contribution in [0.3, 0.4) is 0 Å². The minimum Gasteiger partial charge on any atom is -0.432 e. The predicted molar refractivity (Wildman–Crippen MR) is 127 cm³/mol. The number of nitrogens with one attached hydrogen (secondary N) is 2. The van der Waals surface area contributed by atoms with Crippen molar-refractivity contribution in [2.75, 3.05) is 11.6 Å². The number of halogens is 4. The van der Waals surface area contributed by atoms with Gasteiger partial charge in [-0.3, -0.25) is 9.78 Å². The number of carbonyl (C=O) groups is 1. The number of aromatic nitrogens is 3. The zero-order valence-electron chi connectivity index (χ0n) is 20.3. The van der Waals surface area contributed by atoms with Gasteiger partial charge in [-0.25, -0.2) is 13.4 Å². The van der Waals surface area contributed by atoms with Crippen molar-refractivity contribution in [3.8, 4) is 11.6 Å². The van der Waals surface area contributed by atoms with Crippen LogP contribution in [0.4, 0.5) is 23.2 Å². The molecule has 1 saturated carbocycles. The minimum atomic E-state index is -4.92. The van der Waals surface area contributed by atoms with Gasteiger partial charge in [-0.15, -0.1) is 10.2 Å². The van der Waals surface area contributed by atoms with Crippen LogP contribution in [-0.4, -0.2) is 31.6 Å². The fraction of sp³-hybridized carbons (Fsp3) is 0.333. The molecule has 0 spiro atoms. The van der Waals surface area contributed by atoms with Gasteiger partial charge in [-0.2, -0.15) is 13.2 Å². The van der Waals surface area contributed by atoms with Crippen LogP contribution in [0.5, 0.6) is 11.6 Å². The Morgan fingerprint density at radius 3 is 2.43 bits per heavy atom. The third-order valence-electron chi connectivity index (χ3n) is 6.14. The molecule has 0 bridgehead atoms. The lowest BCUT2D eigenvalue weighted by Crippen LogP contribution is -2.21. The second-order valence-electron chi connectivity index (χ2n) is 9.24.